The molecule has 0 atom stereocenters. The van der Waals surface area contributed by atoms with Crippen LogP contribution in [0, 0.1) is 10.1 Å². The van der Waals surface area contributed by atoms with Crippen molar-refractivity contribution in [2.75, 3.05) is 12.4 Å². The van der Waals surface area contributed by atoms with Gasteiger partial charge in [-0.15, -0.1) is 0 Å². The van der Waals surface area contributed by atoms with E-state index in [9.17, 15) is 14.9 Å². The van der Waals surface area contributed by atoms with Crippen molar-refractivity contribution in [3.8, 4) is 0 Å². The van der Waals surface area contributed by atoms with Crippen molar-refractivity contribution in [3.63, 3.8) is 0 Å². The monoisotopic (exact) mass is 303 g/mol. The lowest BCUT2D eigenvalue weighted by Gasteiger charge is -2.33. The molecule has 0 saturated heterocycles. The lowest BCUT2D eigenvalue weighted by molar-refractivity contribution is -0.389. The molecule has 6 nitrogen and oxygen atoms in total. The molecule has 0 aliphatic rings. The van der Waals surface area contributed by atoms with Gasteiger partial charge in [-0.1, -0.05) is 15.9 Å². The zero-order chi connectivity index (χ0) is 13.2. The van der Waals surface area contributed by atoms with E-state index in [2.05, 4.69) is 20.9 Å². The summed E-state index contributed by atoms with van der Waals surface area (Å²) in [5, 5.41) is 11.1. The molecule has 0 aromatic carbocycles. The highest BCUT2D eigenvalue weighted by molar-refractivity contribution is 9.09. The van der Waals surface area contributed by atoms with Gasteiger partial charge in [-0.25, -0.2) is 4.98 Å². The second-order valence-electron chi connectivity index (χ2n) is 4.32. The Balaban J connectivity index is 2.93. The van der Waals surface area contributed by atoms with Gasteiger partial charge in [-0.05, 0) is 24.8 Å². The van der Waals surface area contributed by atoms with Gasteiger partial charge >= 0.3 is 5.82 Å². The summed E-state index contributed by atoms with van der Waals surface area (Å²) in [6.07, 6.45) is 0. The van der Waals surface area contributed by atoms with Crippen molar-refractivity contribution < 1.29 is 9.72 Å². The zero-order valence-corrected chi connectivity index (χ0v) is 11.4. The molecule has 0 aliphatic heterocycles. The predicted molar refractivity (Wildman–Crippen MR) is 67.4 cm³/mol. The number of nitro groups is 1. The third kappa shape index (κ3) is 2.85. The Morgan fingerprint density at radius 2 is 2.18 bits per heavy atom. The Kier molecular flexibility index (Phi) is 3.92. The number of H-pyrrole nitrogens is 1. The highest BCUT2D eigenvalue weighted by atomic mass is 79.9. The molecule has 1 rings (SSSR count). The number of carbonyl (C=O) groups excluding carboxylic acids is 1. The molecule has 1 amide bonds. The minimum atomic E-state index is -0.563. The van der Waals surface area contributed by atoms with E-state index in [4.69, 9.17) is 0 Å². The minimum absolute atomic E-state index is 0.182. The molecule has 1 aromatic heterocycles. The molecule has 1 heterocycles. The minimum Gasteiger partial charge on any atom is -0.358 e. The Morgan fingerprint density at radius 3 is 2.59 bits per heavy atom. The summed E-state index contributed by atoms with van der Waals surface area (Å²) in [6.45, 7) is 3.80. The fraction of sp³-hybridized carbons (Fsp3) is 0.500. The molecule has 0 radical (unpaired) electrons. The molecule has 1 N–H and O–H groups in total. The molecular formula is C10H14BrN3O3. The van der Waals surface area contributed by atoms with Crippen LogP contribution in [0.3, 0.4) is 0 Å². The summed E-state index contributed by atoms with van der Waals surface area (Å²) in [5.41, 5.74) is -0.148. The number of rotatable bonds is 4. The van der Waals surface area contributed by atoms with Gasteiger partial charge in [0.25, 0.3) is 5.91 Å². The maximum absolute atomic E-state index is 12.0. The molecule has 0 fully saturated rings. The van der Waals surface area contributed by atoms with E-state index >= 15 is 0 Å². The van der Waals surface area contributed by atoms with E-state index < -0.39 is 4.92 Å². The molecule has 0 saturated carbocycles. The SMILES string of the molecule is CN(C(=O)c1ccc([N+](=O)[O-])[nH]1)C(C)(C)CBr. The Hall–Kier alpha value is -1.37. The fourth-order valence-electron chi connectivity index (χ4n) is 1.16. The lowest BCUT2D eigenvalue weighted by atomic mass is 10.1. The van der Waals surface area contributed by atoms with Crippen LogP contribution < -0.4 is 0 Å². The van der Waals surface area contributed by atoms with E-state index in [1.54, 1.807) is 7.05 Å². The average molecular weight is 304 g/mol. The van der Waals surface area contributed by atoms with Crippen molar-refractivity contribution in [1.82, 2.24) is 9.88 Å². The number of carbonyl (C=O) groups is 1. The third-order valence-electron chi connectivity index (χ3n) is 2.64. The van der Waals surface area contributed by atoms with Gasteiger partial charge in [-0.2, -0.15) is 0 Å². The quantitative estimate of drug-likeness (QED) is 0.526. The van der Waals surface area contributed by atoms with Gasteiger partial charge in [-0.3, -0.25) is 4.79 Å². The van der Waals surface area contributed by atoms with Crippen molar-refractivity contribution in [3.05, 3.63) is 27.9 Å². The Labute approximate surface area is 107 Å². The molecule has 0 aliphatic carbocycles. The van der Waals surface area contributed by atoms with Crippen LogP contribution in [0.15, 0.2) is 12.1 Å². The van der Waals surface area contributed by atoms with E-state index in [1.165, 1.54) is 17.0 Å². The number of hydrogen-bond donors (Lipinski definition) is 1. The smallest absolute Gasteiger partial charge is 0.321 e. The van der Waals surface area contributed by atoms with Crippen molar-refractivity contribution >= 4 is 27.7 Å². The van der Waals surface area contributed by atoms with Gasteiger partial charge < -0.3 is 15.0 Å². The maximum atomic E-state index is 12.0. The van der Waals surface area contributed by atoms with Crippen LogP contribution in [0.1, 0.15) is 24.3 Å². The number of aromatic nitrogens is 1. The van der Waals surface area contributed by atoms with Gasteiger partial charge in [0.2, 0.25) is 0 Å². The van der Waals surface area contributed by atoms with Crippen molar-refractivity contribution in [1.29, 1.82) is 0 Å². The van der Waals surface area contributed by atoms with Crippen LogP contribution >= 0.6 is 15.9 Å². The first-order valence-corrected chi connectivity index (χ1v) is 6.09. The lowest BCUT2D eigenvalue weighted by Crippen LogP contribution is -2.46. The fourth-order valence-corrected chi connectivity index (χ4v) is 1.54. The van der Waals surface area contributed by atoms with Crippen molar-refractivity contribution in [2.24, 2.45) is 0 Å². The molecule has 0 spiro atoms. The predicted octanol–water partition coefficient (Wildman–Crippen LogP) is 2.17. The van der Waals surface area contributed by atoms with Crippen LogP contribution in [-0.4, -0.2) is 38.6 Å². The van der Waals surface area contributed by atoms with E-state index in [0.717, 1.165) is 0 Å². The van der Waals surface area contributed by atoms with E-state index in [1.807, 2.05) is 13.8 Å². The summed E-state index contributed by atoms with van der Waals surface area (Å²) in [6, 6.07) is 2.70. The number of hydrogen-bond acceptors (Lipinski definition) is 3. The normalized spacial score (nSPS) is 11.3. The highest BCUT2D eigenvalue weighted by Crippen LogP contribution is 2.19. The Morgan fingerprint density at radius 1 is 1.59 bits per heavy atom. The number of halogens is 1. The van der Waals surface area contributed by atoms with E-state index in [-0.39, 0.29) is 23.0 Å². The molecular weight excluding hydrogens is 290 g/mol. The second kappa shape index (κ2) is 4.87. The number of aromatic amines is 1. The standard InChI is InChI=1S/C10H14BrN3O3/c1-10(2,6-11)13(3)9(15)7-4-5-8(12-7)14(16)17/h4-5,12H,6H2,1-3H3. The highest BCUT2D eigenvalue weighted by Gasteiger charge is 2.29. The molecule has 0 unspecified atom stereocenters. The molecule has 0 bridgehead atoms. The van der Waals surface area contributed by atoms with Gasteiger partial charge in [0.05, 0.1) is 0 Å². The average Bonchev–Trinajstić information content (AvgIpc) is 2.76. The number of nitrogens with zero attached hydrogens (tertiary/aromatic N) is 2. The van der Waals surface area contributed by atoms with Gasteiger partial charge in [0.15, 0.2) is 5.69 Å². The molecule has 7 heteroatoms. The van der Waals surface area contributed by atoms with Crippen LogP contribution in [-0.2, 0) is 0 Å². The topological polar surface area (TPSA) is 79.2 Å². The summed E-state index contributed by atoms with van der Waals surface area (Å²) in [4.78, 5) is 26.0. The first kappa shape index (κ1) is 13.7. The first-order chi connectivity index (χ1) is 7.79. The van der Waals surface area contributed by atoms with Crippen LogP contribution in [0.5, 0.6) is 0 Å². The first-order valence-electron chi connectivity index (χ1n) is 4.97. The van der Waals surface area contributed by atoms with Gasteiger partial charge in [0, 0.05) is 24.0 Å². The van der Waals surface area contributed by atoms with Crippen molar-refractivity contribution in [2.45, 2.75) is 19.4 Å². The molecule has 1 aromatic rings. The number of alkyl halides is 1. The van der Waals surface area contributed by atoms with E-state index in [0.29, 0.717) is 5.33 Å². The largest absolute Gasteiger partial charge is 0.358 e. The Bertz CT molecular complexity index is 442. The molecule has 17 heavy (non-hydrogen) atoms. The second-order valence-corrected chi connectivity index (χ2v) is 4.89. The summed E-state index contributed by atoms with van der Waals surface area (Å²) < 4.78 is 0. The number of nitrogens with one attached hydrogen (secondary N) is 1. The van der Waals surface area contributed by atoms with Crippen LogP contribution in [0.25, 0.3) is 0 Å². The summed E-state index contributed by atoms with van der Waals surface area (Å²) >= 11 is 3.33. The number of amides is 1. The zero-order valence-electron chi connectivity index (χ0n) is 9.86. The van der Waals surface area contributed by atoms with Crippen LogP contribution in [0.2, 0.25) is 0 Å². The summed E-state index contributed by atoms with van der Waals surface area (Å²) in [5.74, 6) is -0.457. The maximum Gasteiger partial charge on any atom is 0.321 e. The third-order valence-corrected chi connectivity index (χ3v) is 4.01. The van der Waals surface area contributed by atoms with Crippen LogP contribution in [0.4, 0.5) is 5.82 Å². The van der Waals surface area contributed by atoms with Gasteiger partial charge in [0.1, 0.15) is 0 Å². The summed E-state index contributed by atoms with van der Waals surface area (Å²) in [7, 11) is 1.66. The molecule has 94 valence electrons.